The van der Waals surface area contributed by atoms with Crippen LogP contribution in [0.25, 0.3) is 0 Å². The molecular formula is C12H20O6Sn. The van der Waals surface area contributed by atoms with E-state index in [1.165, 1.54) is 0 Å². The summed E-state index contributed by atoms with van der Waals surface area (Å²) in [5.41, 5.74) is 0. The first-order chi connectivity index (χ1) is 8.59. The molecule has 19 heavy (non-hydrogen) atoms. The molecule has 0 fully saturated rings. The number of carbonyl (C=O) groups is 4. The first-order valence-corrected chi connectivity index (χ1v) is 9.68. The summed E-state index contributed by atoms with van der Waals surface area (Å²) in [6.45, 7) is 5.20. The second kappa shape index (κ2) is 17.1. The summed E-state index contributed by atoms with van der Waals surface area (Å²) in [7, 11) is 0. The average molecular weight is 379 g/mol. The molecule has 0 aliphatic carbocycles. The molecule has 108 valence electrons. The molecule has 0 radical (unpaired) electrons. The van der Waals surface area contributed by atoms with Gasteiger partial charge in [0.15, 0.2) is 0 Å². The summed E-state index contributed by atoms with van der Waals surface area (Å²) < 4.78 is 2.21. The third-order valence-corrected chi connectivity index (χ3v) is 4.75. The largest absolute Gasteiger partial charge is 0.550 e. The van der Waals surface area contributed by atoms with Crippen molar-refractivity contribution in [1.82, 2.24) is 0 Å². The molecule has 0 aliphatic heterocycles. The number of hydrogen-bond acceptors (Lipinski definition) is 6. The fraction of sp³-hybridized carbons (Fsp3) is 0.667. The van der Waals surface area contributed by atoms with Gasteiger partial charge in [-0.3, -0.25) is 0 Å². The van der Waals surface area contributed by atoms with Crippen LogP contribution in [0.2, 0.25) is 8.87 Å². The van der Waals surface area contributed by atoms with Crippen LogP contribution in [-0.2, 0) is 19.2 Å². The molecule has 0 aliphatic rings. The van der Waals surface area contributed by atoms with Gasteiger partial charge in [-0.25, -0.2) is 0 Å². The van der Waals surface area contributed by atoms with Crippen molar-refractivity contribution in [3.63, 3.8) is 0 Å². The van der Waals surface area contributed by atoms with E-state index < -0.39 is 11.9 Å². The number of hydrogen-bond donors (Lipinski definition) is 0. The Morgan fingerprint density at radius 1 is 0.737 bits per heavy atom. The molecule has 0 saturated heterocycles. The molecule has 0 aromatic heterocycles. The van der Waals surface area contributed by atoms with Gasteiger partial charge in [-0.1, -0.05) is 0 Å². The number of rotatable bonds is 6. The predicted molar refractivity (Wildman–Crippen MR) is 67.3 cm³/mol. The zero-order chi connectivity index (χ0) is 15.8. The van der Waals surface area contributed by atoms with E-state index in [9.17, 15) is 9.59 Å². The summed E-state index contributed by atoms with van der Waals surface area (Å²) in [6, 6.07) is 0. The SMILES string of the molecule is CC(=O)C[CH2][Sn+2][CH2]CC(C)=O.CC(=O)[O-].CC(=O)[O-]. The van der Waals surface area contributed by atoms with E-state index in [0.29, 0.717) is 0 Å². The van der Waals surface area contributed by atoms with E-state index in [1.807, 2.05) is 0 Å². The summed E-state index contributed by atoms with van der Waals surface area (Å²) >= 11 is -0.366. The fourth-order valence-corrected chi connectivity index (χ4v) is 4.39. The number of carboxylic acid groups (broad SMARTS) is 2. The van der Waals surface area contributed by atoms with E-state index in [0.717, 1.165) is 35.6 Å². The molecule has 6 nitrogen and oxygen atoms in total. The maximum atomic E-state index is 10.5. The maximum absolute atomic E-state index is 10.5. The van der Waals surface area contributed by atoms with Gasteiger partial charge in [-0.05, 0) is 13.8 Å². The van der Waals surface area contributed by atoms with Crippen LogP contribution in [0.1, 0.15) is 40.5 Å². The second-order valence-corrected chi connectivity index (χ2v) is 7.92. The van der Waals surface area contributed by atoms with Gasteiger partial charge >= 0.3 is 77.9 Å². The van der Waals surface area contributed by atoms with Gasteiger partial charge in [0.2, 0.25) is 0 Å². The van der Waals surface area contributed by atoms with E-state index in [1.54, 1.807) is 13.8 Å². The van der Waals surface area contributed by atoms with Gasteiger partial charge in [0.25, 0.3) is 0 Å². The van der Waals surface area contributed by atoms with Gasteiger partial charge < -0.3 is 19.8 Å². The number of ketones is 2. The van der Waals surface area contributed by atoms with E-state index in [4.69, 9.17) is 19.8 Å². The van der Waals surface area contributed by atoms with Crippen molar-refractivity contribution in [3.05, 3.63) is 0 Å². The Morgan fingerprint density at radius 2 is 0.947 bits per heavy atom. The molecule has 7 heteroatoms. The minimum atomic E-state index is -1.08. The minimum Gasteiger partial charge on any atom is -0.550 e. The van der Waals surface area contributed by atoms with Crippen LogP contribution in [-0.4, -0.2) is 44.6 Å². The normalized spacial score (nSPS) is 7.79. The van der Waals surface area contributed by atoms with E-state index in [2.05, 4.69) is 0 Å². The summed E-state index contributed by atoms with van der Waals surface area (Å²) in [5, 5.41) is 17.8. The van der Waals surface area contributed by atoms with Gasteiger partial charge in [-0.2, -0.15) is 0 Å². The third kappa shape index (κ3) is 77.5. The van der Waals surface area contributed by atoms with Gasteiger partial charge in [0, 0.05) is 11.9 Å². The molecule has 0 spiro atoms. The topological polar surface area (TPSA) is 114 Å². The van der Waals surface area contributed by atoms with Crippen LogP contribution in [0.5, 0.6) is 0 Å². The quantitative estimate of drug-likeness (QED) is 0.432. The molecule has 0 N–H and O–H groups in total. The first kappa shape index (κ1) is 23.2. The van der Waals surface area contributed by atoms with Crippen molar-refractivity contribution in [1.29, 1.82) is 0 Å². The molecule has 0 bridgehead atoms. The molecular weight excluding hydrogens is 359 g/mol. The number of carbonyl (C=O) groups excluding carboxylic acids is 4. The van der Waals surface area contributed by atoms with Gasteiger partial charge in [0.1, 0.15) is 0 Å². The van der Waals surface area contributed by atoms with Crippen LogP contribution in [0.15, 0.2) is 0 Å². The van der Waals surface area contributed by atoms with Crippen LogP contribution < -0.4 is 10.2 Å². The number of carboxylic acids is 2. The summed E-state index contributed by atoms with van der Waals surface area (Å²) in [4.78, 5) is 38.8. The zero-order valence-corrected chi connectivity index (χ0v) is 14.6. The monoisotopic (exact) mass is 380 g/mol. The Bertz CT molecular complexity index is 252. The molecule has 0 atom stereocenters. The first-order valence-electron chi connectivity index (χ1n) is 5.64. The molecule has 0 amide bonds. The smallest absolute Gasteiger partial charge is 0.0383 e. The van der Waals surface area contributed by atoms with Crippen molar-refractivity contribution in [2.45, 2.75) is 49.4 Å². The molecule has 0 saturated carbocycles. The number of Topliss-reactive ketones (excluding diaryl/α,β-unsaturated/α-hetero) is 2. The number of aliphatic carboxylic acids is 2. The van der Waals surface area contributed by atoms with Crippen molar-refractivity contribution in [2.75, 3.05) is 0 Å². The van der Waals surface area contributed by atoms with Crippen molar-refractivity contribution < 1.29 is 29.4 Å². The maximum Gasteiger partial charge on any atom is 0.0383 e. The second-order valence-electron chi connectivity index (χ2n) is 3.64. The van der Waals surface area contributed by atoms with Gasteiger partial charge in [-0.15, -0.1) is 0 Å². The minimum absolute atomic E-state index is 0.286. The average Bonchev–Trinajstić information content (AvgIpc) is 2.14. The summed E-state index contributed by atoms with van der Waals surface area (Å²) in [6.07, 6.45) is 1.48. The van der Waals surface area contributed by atoms with Gasteiger partial charge in [0.05, 0.1) is 0 Å². The molecule has 0 unspecified atom stereocenters. The zero-order valence-electron chi connectivity index (χ0n) is 11.8. The van der Waals surface area contributed by atoms with Crippen molar-refractivity contribution >= 4 is 44.6 Å². The standard InChI is InChI=1S/2C4H7O.2C2H4O2.Sn/c2*1-3-4(2)5;2*1-2(3)4;/h2*1,3H2,2H3;2*1H3,(H,3,4);/q;;;;+2/p-2. The van der Waals surface area contributed by atoms with Crippen molar-refractivity contribution in [3.8, 4) is 0 Å². The van der Waals surface area contributed by atoms with Crippen LogP contribution in [0.3, 0.4) is 0 Å². The fourth-order valence-electron chi connectivity index (χ4n) is 0.654. The molecule has 0 rings (SSSR count). The van der Waals surface area contributed by atoms with E-state index >= 15 is 0 Å². The van der Waals surface area contributed by atoms with E-state index in [-0.39, 0.29) is 32.7 Å². The Kier molecular flexibility index (Phi) is 20.8. The molecule has 0 heterocycles. The third-order valence-electron chi connectivity index (χ3n) is 1.31. The summed E-state index contributed by atoms with van der Waals surface area (Å²) in [5.74, 6) is -1.59. The van der Waals surface area contributed by atoms with Crippen LogP contribution in [0, 0.1) is 0 Å². The molecule has 0 aromatic rings. The Morgan fingerprint density at radius 3 is 1.11 bits per heavy atom. The van der Waals surface area contributed by atoms with Crippen LogP contribution in [0.4, 0.5) is 0 Å². The van der Waals surface area contributed by atoms with Crippen molar-refractivity contribution in [2.24, 2.45) is 0 Å². The Hall–Kier alpha value is -0.921. The Balaban J connectivity index is -0.000000264. The molecule has 0 aromatic carbocycles. The predicted octanol–water partition coefficient (Wildman–Crippen LogP) is -1.00. The van der Waals surface area contributed by atoms with Crippen LogP contribution >= 0.6 is 0 Å². The Labute approximate surface area is 123 Å².